The SMILES string of the molecule is N#CCOC(=O)[C@@H](O)CCCCN=[N+]=[N-]. The van der Waals surface area contributed by atoms with Gasteiger partial charge in [0.2, 0.25) is 0 Å². The Morgan fingerprint density at radius 3 is 3.00 bits per heavy atom. The molecule has 0 aromatic rings. The van der Waals surface area contributed by atoms with E-state index in [1.165, 1.54) is 0 Å². The summed E-state index contributed by atoms with van der Waals surface area (Å²) in [7, 11) is 0. The van der Waals surface area contributed by atoms with Crippen molar-refractivity contribution in [3.63, 3.8) is 0 Å². The molecule has 0 amide bonds. The summed E-state index contributed by atoms with van der Waals surface area (Å²) in [6.07, 6.45) is 0.198. The first-order valence-electron chi connectivity index (χ1n) is 4.45. The van der Waals surface area contributed by atoms with Gasteiger partial charge in [-0.25, -0.2) is 4.79 Å². The Morgan fingerprint density at radius 1 is 1.67 bits per heavy atom. The number of ether oxygens (including phenoxy) is 1. The molecule has 0 radical (unpaired) electrons. The van der Waals surface area contributed by atoms with Crippen LogP contribution in [0.2, 0.25) is 0 Å². The first-order chi connectivity index (χ1) is 7.22. The molecule has 82 valence electrons. The van der Waals surface area contributed by atoms with Crippen molar-refractivity contribution in [2.75, 3.05) is 13.2 Å². The highest BCUT2D eigenvalue weighted by Crippen LogP contribution is 2.03. The summed E-state index contributed by atoms with van der Waals surface area (Å²) in [4.78, 5) is 13.5. The highest BCUT2D eigenvalue weighted by molar-refractivity contribution is 5.74. The molecule has 0 saturated heterocycles. The van der Waals surface area contributed by atoms with Gasteiger partial charge in [-0.3, -0.25) is 0 Å². The third-order valence-electron chi connectivity index (χ3n) is 1.60. The van der Waals surface area contributed by atoms with E-state index in [-0.39, 0.29) is 13.0 Å². The van der Waals surface area contributed by atoms with Crippen LogP contribution >= 0.6 is 0 Å². The molecule has 0 unspecified atom stereocenters. The first kappa shape index (κ1) is 13.2. The van der Waals surface area contributed by atoms with E-state index in [0.29, 0.717) is 19.4 Å². The van der Waals surface area contributed by atoms with Crippen molar-refractivity contribution in [3.8, 4) is 6.07 Å². The van der Waals surface area contributed by atoms with Crippen molar-refractivity contribution in [2.24, 2.45) is 5.11 Å². The predicted octanol–water partition coefficient (Wildman–Crippen LogP) is 0.895. The largest absolute Gasteiger partial charge is 0.448 e. The van der Waals surface area contributed by atoms with Gasteiger partial charge in [0.15, 0.2) is 12.7 Å². The Hall–Kier alpha value is -1.77. The number of aliphatic hydroxyl groups is 1. The molecule has 0 heterocycles. The van der Waals surface area contributed by atoms with Crippen LogP contribution in [0.3, 0.4) is 0 Å². The van der Waals surface area contributed by atoms with Crippen LogP contribution in [0.5, 0.6) is 0 Å². The van der Waals surface area contributed by atoms with Crippen LogP contribution in [-0.2, 0) is 9.53 Å². The lowest BCUT2D eigenvalue weighted by Gasteiger charge is -2.07. The third-order valence-corrected chi connectivity index (χ3v) is 1.60. The Bertz CT molecular complexity index is 280. The second kappa shape index (κ2) is 8.81. The molecule has 1 N–H and O–H groups in total. The number of aliphatic hydroxyl groups excluding tert-OH is 1. The second-order valence-corrected chi connectivity index (χ2v) is 2.73. The minimum Gasteiger partial charge on any atom is -0.448 e. The summed E-state index contributed by atoms with van der Waals surface area (Å²) in [5, 5.41) is 20.6. The number of unbranched alkanes of at least 4 members (excludes halogenated alkanes) is 1. The molecular formula is C8H12N4O3. The fourth-order valence-corrected chi connectivity index (χ4v) is 0.882. The molecule has 0 aliphatic rings. The molecule has 0 aromatic carbocycles. The van der Waals surface area contributed by atoms with Crippen molar-refractivity contribution < 1.29 is 14.6 Å². The number of carbonyl (C=O) groups is 1. The number of azide groups is 1. The molecule has 0 aromatic heterocycles. The summed E-state index contributed by atoms with van der Waals surface area (Å²) >= 11 is 0. The van der Waals surface area contributed by atoms with E-state index >= 15 is 0 Å². The lowest BCUT2D eigenvalue weighted by Crippen LogP contribution is -2.23. The average molecular weight is 212 g/mol. The molecule has 0 spiro atoms. The van der Waals surface area contributed by atoms with Crippen LogP contribution in [0.1, 0.15) is 19.3 Å². The summed E-state index contributed by atoms with van der Waals surface area (Å²) in [6.45, 7) is -0.00885. The zero-order valence-corrected chi connectivity index (χ0v) is 8.17. The van der Waals surface area contributed by atoms with E-state index in [4.69, 9.17) is 10.8 Å². The summed E-state index contributed by atoms with van der Waals surface area (Å²) in [6, 6.07) is 1.63. The molecular weight excluding hydrogens is 200 g/mol. The zero-order chi connectivity index (χ0) is 11.5. The van der Waals surface area contributed by atoms with Gasteiger partial charge in [-0.1, -0.05) is 11.5 Å². The highest BCUT2D eigenvalue weighted by atomic mass is 16.5. The van der Waals surface area contributed by atoms with E-state index in [1.54, 1.807) is 6.07 Å². The van der Waals surface area contributed by atoms with Gasteiger partial charge in [0.1, 0.15) is 6.07 Å². The fourth-order valence-electron chi connectivity index (χ4n) is 0.882. The first-order valence-corrected chi connectivity index (χ1v) is 4.45. The normalized spacial score (nSPS) is 10.9. The van der Waals surface area contributed by atoms with Gasteiger partial charge in [-0.05, 0) is 18.4 Å². The Balaban J connectivity index is 3.55. The summed E-state index contributed by atoms with van der Waals surface area (Å²) in [5.41, 5.74) is 7.96. The summed E-state index contributed by atoms with van der Waals surface area (Å²) < 4.78 is 4.40. The minimum absolute atomic E-state index is 0.241. The number of hydrogen-bond acceptors (Lipinski definition) is 5. The number of rotatable bonds is 7. The molecule has 7 nitrogen and oxygen atoms in total. The zero-order valence-electron chi connectivity index (χ0n) is 8.17. The molecule has 1 atom stereocenters. The van der Waals surface area contributed by atoms with E-state index in [1.807, 2.05) is 0 Å². The maximum atomic E-state index is 10.9. The van der Waals surface area contributed by atoms with Crippen LogP contribution in [0.25, 0.3) is 10.4 Å². The van der Waals surface area contributed by atoms with Crippen molar-refractivity contribution in [3.05, 3.63) is 10.4 Å². The maximum Gasteiger partial charge on any atom is 0.335 e. The van der Waals surface area contributed by atoms with Gasteiger partial charge in [0.05, 0.1) is 0 Å². The molecule has 15 heavy (non-hydrogen) atoms. The van der Waals surface area contributed by atoms with Crippen LogP contribution in [0.4, 0.5) is 0 Å². The number of hydrogen-bond donors (Lipinski definition) is 1. The Morgan fingerprint density at radius 2 is 2.40 bits per heavy atom. The smallest absolute Gasteiger partial charge is 0.335 e. The molecule has 7 heteroatoms. The maximum absolute atomic E-state index is 10.9. The fraction of sp³-hybridized carbons (Fsp3) is 0.750. The minimum atomic E-state index is -1.20. The standard InChI is InChI=1S/C8H12N4O3/c9-4-6-15-8(14)7(13)3-1-2-5-11-12-10/h7,13H,1-3,5-6H2/t7-/m0/s1. The van der Waals surface area contributed by atoms with Crippen molar-refractivity contribution in [2.45, 2.75) is 25.4 Å². The highest BCUT2D eigenvalue weighted by Gasteiger charge is 2.15. The van der Waals surface area contributed by atoms with E-state index in [9.17, 15) is 9.90 Å². The lowest BCUT2D eigenvalue weighted by atomic mass is 10.1. The average Bonchev–Trinajstić information content (AvgIpc) is 2.25. The van der Waals surface area contributed by atoms with E-state index in [0.717, 1.165) is 0 Å². The quantitative estimate of drug-likeness (QED) is 0.221. The van der Waals surface area contributed by atoms with Crippen LogP contribution in [-0.4, -0.2) is 30.3 Å². The van der Waals surface area contributed by atoms with E-state index < -0.39 is 12.1 Å². The van der Waals surface area contributed by atoms with Crippen molar-refractivity contribution in [1.82, 2.24) is 0 Å². The molecule has 0 rings (SSSR count). The third kappa shape index (κ3) is 7.31. The molecule has 0 aliphatic carbocycles. The number of carbonyl (C=O) groups excluding carboxylic acids is 1. The molecule has 0 fully saturated rings. The van der Waals surface area contributed by atoms with Gasteiger partial charge >= 0.3 is 5.97 Å². The monoisotopic (exact) mass is 212 g/mol. The number of nitriles is 1. The topological polar surface area (TPSA) is 119 Å². The molecule has 0 aliphatic heterocycles. The van der Waals surface area contributed by atoms with Crippen molar-refractivity contribution >= 4 is 5.97 Å². The number of esters is 1. The second-order valence-electron chi connectivity index (χ2n) is 2.73. The van der Waals surface area contributed by atoms with Crippen LogP contribution < -0.4 is 0 Å². The van der Waals surface area contributed by atoms with Crippen molar-refractivity contribution in [1.29, 1.82) is 5.26 Å². The predicted molar refractivity (Wildman–Crippen MR) is 50.4 cm³/mol. The molecule has 0 bridgehead atoms. The number of nitrogens with zero attached hydrogens (tertiary/aromatic N) is 4. The van der Waals surface area contributed by atoms with Gasteiger partial charge in [0.25, 0.3) is 0 Å². The summed E-state index contributed by atoms with van der Waals surface area (Å²) in [5.74, 6) is -0.791. The van der Waals surface area contributed by atoms with Gasteiger partial charge in [0, 0.05) is 11.5 Å². The Labute approximate surface area is 86.9 Å². The molecule has 0 saturated carbocycles. The van der Waals surface area contributed by atoms with Crippen LogP contribution in [0.15, 0.2) is 5.11 Å². The van der Waals surface area contributed by atoms with Gasteiger partial charge in [-0.15, -0.1) is 0 Å². The van der Waals surface area contributed by atoms with Gasteiger partial charge < -0.3 is 9.84 Å². The van der Waals surface area contributed by atoms with Crippen LogP contribution in [0, 0.1) is 11.3 Å². The van der Waals surface area contributed by atoms with E-state index in [2.05, 4.69) is 14.8 Å². The lowest BCUT2D eigenvalue weighted by molar-refractivity contribution is -0.152. The van der Waals surface area contributed by atoms with Gasteiger partial charge in [-0.2, -0.15) is 5.26 Å². The Kier molecular flexibility index (Phi) is 7.77.